The van der Waals surface area contributed by atoms with Crippen molar-refractivity contribution in [2.24, 2.45) is 5.92 Å². The summed E-state index contributed by atoms with van der Waals surface area (Å²) in [5, 5.41) is 7.91. The smallest absolute Gasteiger partial charge is 0.161 e. The second-order valence-corrected chi connectivity index (χ2v) is 5.81. The first-order chi connectivity index (χ1) is 10.2. The third kappa shape index (κ3) is 3.77. The van der Waals surface area contributed by atoms with Gasteiger partial charge in [-0.05, 0) is 45.6 Å². The molecule has 1 saturated carbocycles. The Labute approximate surface area is 128 Å². The van der Waals surface area contributed by atoms with Gasteiger partial charge in [-0.25, -0.2) is 0 Å². The van der Waals surface area contributed by atoms with E-state index in [1.807, 2.05) is 13.2 Å². The Morgan fingerprint density at radius 1 is 1.43 bits per heavy atom. The molecular formula is C16H29N3O2. The lowest BCUT2D eigenvalue weighted by atomic mass is 9.77. The summed E-state index contributed by atoms with van der Waals surface area (Å²) in [7, 11) is 3.74. The van der Waals surface area contributed by atoms with Crippen LogP contribution < -0.4 is 10.1 Å². The van der Waals surface area contributed by atoms with Gasteiger partial charge in [-0.3, -0.25) is 4.68 Å². The Balaban J connectivity index is 2.02. The predicted octanol–water partition coefficient (Wildman–Crippen LogP) is 2.77. The van der Waals surface area contributed by atoms with Crippen LogP contribution in [0.2, 0.25) is 0 Å². The Kier molecular flexibility index (Phi) is 6.06. The Bertz CT molecular complexity index is 427. The van der Waals surface area contributed by atoms with Crippen molar-refractivity contribution in [1.82, 2.24) is 15.1 Å². The van der Waals surface area contributed by atoms with E-state index in [1.54, 1.807) is 7.11 Å². The van der Waals surface area contributed by atoms with Crippen molar-refractivity contribution < 1.29 is 9.47 Å². The SMILES string of the molecule is CCCn1ncc(OC)c1C(CC1CC(OCC)C1)NC. The number of aromatic nitrogens is 2. The summed E-state index contributed by atoms with van der Waals surface area (Å²) in [6.07, 6.45) is 6.85. The maximum Gasteiger partial charge on any atom is 0.161 e. The highest BCUT2D eigenvalue weighted by molar-refractivity contribution is 5.28. The molecule has 1 aromatic rings. The minimum Gasteiger partial charge on any atom is -0.493 e. The standard InChI is InChI=1S/C16H29N3O2/c1-5-7-19-16(15(20-4)11-18-19)14(17-3)10-12-8-13(9-12)21-6-2/h11-14,17H,5-10H2,1-4H3. The molecule has 5 heteroatoms. The van der Waals surface area contributed by atoms with E-state index < -0.39 is 0 Å². The van der Waals surface area contributed by atoms with Gasteiger partial charge >= 0.3 is 0 Å². The summed E-state index contributed by atoms with van der Waals surface area (Å²) in [6.45, 7) is 6.00. The molecule has 1 heterocycles. The van der Waals surface area contributed by atoms with Gasteiger partial charge in [0.1, 0.15) is 0 Å². The van der Waals surface area contributed by atoms with Crippen molar-refractivity contribution in [2.75, 3.05) is 20.8 Å². The van der Waals surface area contributed by atoms with Crippen LogP contribution in [0.4, 0.5) is 0 Å². The summed E-state index contributed by atoms with van der Waals surface area (Å²) in [5.74, 6) is 1.62. The van der Waals surface area contributed by atoms with Crippen LogP contribution in [-0.4, -0.2) is 36.6 Å². The number of aryl methyl sites for hydroxylation is 1. The second-order valence-electron chi connectivity index (χ2n) is 5.81. The molecule has 0 spiro atoms. The van der Waals surface area contributed by atoms with Crippen molar-refractivity contribution >= 4 is 0 Å². The lowest BCUT2D eigenvalue weighted by molar-refractivity contribution is -0.0292. The third-order valence-electron chi connectivity index (χ3n) is 4.34. The summed E-state index contributed by atoms with van der Waals surface area (Å²) in [6, 6.07) is 0.293. The van der Waals surface area contributed by atoms with Crippen LogP contribution in [-0.2, 0) is 11.3 Å². The molecule has 21 heavy (non-hydrogen) atoms. The highest BCUT2D eigenvalue weighted by Crippen LogP contribution is 2.38. The lowest BCUT2D eigenvalue weighted by Gasteiger charge is -2.37. The van der Waals surface area contributed by atoms with Crippen molar-refractivity contribution in [3.05, 3.63) is 11.9 Å². The molecule has 2 rings (SSSR count). The van der Waals surface area contributed by atoms with Crippen LogP contribution in [0.1, 0.15) is 51.3 Å². The lowest BCUT2D eigenvalue weighted by Crippen LogP contribution is -2.34. The zero-order valence-corrected chi connectivity index (χ0v) is 13.8. The van der Waals surface area contributed by atoms with Gasteiger partial charge in [0.25, 0.3) is 0 Å². The first-order valence-corrected chi connectivity index (χ1v) is 8.11. The summed E-state index contributed by atoms with van der Waals surface area (Å²) in [4.78, 5) is 0. The molecule has 1 aromatic heterocycles. The fourth-order valence-electron chi connectivity index (χ4n) is 3.21. The van der Waals surface area contributed by atoms with Gasteiger partial charge in [-0.15, -0.1) is 0 Å². The molecule has 0 radical (unpaired) electrons. The zero-order valence-electron chi connectivity index (χ0n) is 13.8. The monoisotopic (exact) mass is 295 g/mol. The van der Waals surface area contributed by atoms with E-state index in [0.717, 1.165) is 37.7 Å². The molecule has 1 fully saturated rings. The molecule has 1 aliphatic rings. The van der Waals surface area contributed by atoms with E-state index in [0.29, 0.717) is 12.1 Å². The zero-order chi connectivity index (χ0) is 15.2. The summed E-state index contributed by atoms with van der Waals surface area (Å²) >= 11 is 0. The normalized spacial score (nSPS) is 22.9. The first-order valence-electron chi connectivity index (χ1n) is 8.11. The molecule has 0 aromatic carbocycles. The molecular weight excluding hydrogens is 266 g/mol. The Morgan fingerprint density at radius 3 is 2.76 bits per heavy atom. The van der Waals surface area contributed by atoms with Gasteiger partial charge in [-0.2, -0.15) is 5.10 Å². The summed E-state index contributed by atoms with van der Waals surface area (Å²) in [5.41, 5.74) is 1.18. The van der Waals surface area contributed by atoms with Gasteiger partial charge in [0, 0.05) is 13.2 Å². The van der Waals surface area contributed by atoms with E-state index in [4.69, 9.17) is 9.47 Å². The number of ether oxygens (including phenoxy) is 2. The minimum atomic E-state index is 0.293. The predicted molar refractivity (Wildman–Crippen MR) is 83.6 cm³/mol. The fraction of sp³-hybridized carbons (Fsp3) is 0.812. The molecule has 0 amide bonds. The number of hydrogen-bond donors (Lipinski definition) is 1. The fourth-order valence-corrected chi connectivity index (χ4v) is 3.21. The van der Waals surface area contributed by atoms with Gasteiger partial charge < -0.3 is 14.8 Å². The average Bonchev–Trinajstić information content (AvgIpc) is 2.85. The van der Waals surface area contributed by atoms with E-state index in [2.05, 4.69) is 28.9 Å². The Hall–Kier alpha value is -1.07. The van der Waals surface area contributed by atoms with Crippen LogP contribution in [0.25, 0.3) is 0 Å². The van der Waals surface area contributed by atoms with Crippen LogP contribution in [0.5, 0.6) is 5.75 Å². The maximum absolute atomic E-state index is 5.66. The number of hydrogen-bond acceptors (Lipinski definition) is 4. The van der Waals surface area contributed by atoms with E-state index in [1.165, 1.54) is 18.5 Å². The van der Waals surface area contributed by atoms with E-state index >= 15 is 0 Å². The van der Waals surface area contributed by atoms with Crippen LogP contribution in [0.3, 0.4) is 0 Å². The summed E-state index contributed by atoms with van der Waals surface area (Å²) < 4.78 is 13.2. The van der Waals surface area contributed by atoms with Crippen LogP contribution in [0.15, 0.2) is 6.20 Å². The van der Waals surface area contributed by atoms with Gasteiger partial charge in [0.15, 0.2) is 5.75 Å². The van der Waals surface area contributed by atoms with Gasteiger partial charge in [-0.1, -0.05) is 6.92 Å². The molecule has 1 unspecified atom stereocenters. The number of nitrogens with zero attached hydrogens (tertiary/aromatic N) is 2. The number of nitrogens with one attached hydrogen (secondary N) is 1. The second kappa shape index (κ2) is 7.80. The molecule has 1 aliphatic carbocycles. The molecule has 120 valence electrons. The van der Waals surface area contributed by atoms with Crippen molar-refractivity contribution in [1.29, 1.82) is 0 Å². The largest absolute Gasteiger partial charge is 0.493 e. The quantitative estimate of drug-likeness (QED) is 0.761. The topological polar surface area (TPSA) is 48.3 Å². The van der Waals surface area contributed by atoms with E-state index in [9.17, 15) is 0 Å². The molecule has 1 atom stereocenters. The third-order valence-corrected chi connectivity index (χ3v) is 4.34. The highest BCUT2D eigenvalue weighted by atomic mass is 16.5. The Morgan fingerprint density at radius 2 is 2.19 bits per heavy atom. The minimum absolute atomic E-state index is 0.293. The van der Waals surface area contributed by atoms with Crippen molar-refractivity contribution in [3.8, 4) is 5.75 Å². The molecule has 0 saturated heterocycles. The highest BCUT2D eigenvalue weighted by Gasteiger charge is 2.33. The number of methoxy groups -OCH3 is 1. The van der Waals surface area contributed by atoms with E-state index in [-0.39, 0.29) is 0 Å². The van der Waals surface area contributed by atoms with Crippen molar-refractivity contribution in [2.45, 2.75) is 58.2 Å². The van der Waals surface area contributed by atoms with Gasteiger partial charge in [0.05, 0.1) is 31.1 Å². The first kappa shape index (κ1) is 16.3. The van der Waals surface area contributed by atoms with Crippen molar-refractivity contribution in [3.63, 3.8) is 0 Å². The number of rotatable bonds is 9. The maximum atomic E-state index is 5.66. The molecule has 0 aliphatic heterocycles. The van der Waals surface area contributed by atoms with Gasteiger partial charge in [0.2, 0.25) is 0 Å². The molecule has 1 N–H and O–H groups in total. The molecule has 5 nitrogen and oxygen atoms in total. The van der Waals surface area contributed by atoms with Crippen LogP contribution >= 0.6 is 0 Å². The molecule has 0 bridgehead atoms. The average molecular weight is 295 g/mol. The van der Waals surface area contributed by atoms with Crippen LogP contribution in [0, 0.1) is 5.92 Å².